The first kappa shape index (κ1) is 14.2. The Labute approximate surface area is 115 Å². The molecule has 0 bridgehead atoms. The number of para-hydroxylation sites is 2. The fraction of sp³-hybridized carbons (Fsp3) is 0.600. The third-order valence-electron chi connectivity index (χ3n) is 3.59. The molecule has 0 aromatic heterocycles. The number of nitrogens with two attached hydrogens (primary N) is 1. The van der Waals surface area contributed by atoms with Crippen LogP contribution in [0.3, 0.4) is 0 Å². The van der Waals surface area contributed by atoms with Crippen LogP contribution in [0.15, 0.2) is 24.3 Å². The molecule has 0 spiro atoms. The predicted molar refractivity (Wildman–Crippen MR) is 77.4 cm³/mol. The summed E-state index contributed by atoms with van der Waals surface area (Å²) < 4.78 is 11.2. The molecular weight excluding hydrogens is 240 g/mol. The van der Waals surface area contributed by atoms with Crippen LogP contribution in [0.25, 0.3) is 0 Å². The Bertz CT molecular complexity index is 384. The first-order chi connectivity index (χ1) is 9.31. The number of nitrogens with zero attached hydrogens (tertiary/aromatic N) is 1. The lowest BCUT2D eigenvalue weighted by atomic mass is 10.1. The zero-order valence-electron chi connectivity index (χ0n) is 11.7. The van der Waals surface area contributed by atoms with Gasteiger partial charge in [0, 0.05) is 19.1 Å². The van der Waals surface area contributed by atoms with Crippen LogP contribution in [-0.2, 0) is 4.74 Å². The van der Waals surface area contributed by atoms with E-state index in [0.29, 0.717) is 18.3 Å². The molecule has 106 valence electrons. The van der Waals surface area contributed by atoms with E-state index in [-0.39, 0.29) is 0 Å². The van der Waals surface area contributed by atoms with Crippen molar-refractivity contribution < 1.29 is 9.47 Å². The van der Waals surface area contributed by atoms with E-state index in [4.69, 9.17) is 15.2 Å². The Balaban J connectivity index is 1.70. The summed E-state index contributed by atoms with van der Waals surface area (Å²) in [5.74, 6) is 0.788. The predicted octanol–water partition coefficient (Wildman–Crippen LogP) is 2.15. The number of hydrogen-bond donors (Lipinski definition) is 1. The van der Waals surface area contributed by atoms with Gasteiger partial charge in [0.05, 0.1) is 25.5 Å². The molecule has 4 nitrogen and oxygen atoms in total. The molecule has 1 unspecified atom stereocenters. The lowest BCUT2D eigenvalue weighted by Crippen LogP contribution is -2.45. The second-order valence-electron chi connectivity index (χ2n) is 4.91. The number of morpholine rings is 1. The number of benzene rings is 1. The van der Waals surface area contributed by atoms with E-state index in [1.54, 1.807) is 0 Å². The SMILES string of the molecule is CCC1COCCN1CCCOc1ccccc1N. The van der Waals surface area contributed by atoms with Crippen LogP contribution in [0.1, 0.15) is 19.8 Å². The minimum Gasteiger partial charge on any atom is -0.491 e. The Morgan fingerprint density at radius 3 is 3.05 bits per heavy atom. The standard InChI is InChI=1S/C15H24N2O2/c1-2-13-12-18-11-9-17(13)8-5-10-19-15-7-4-3-6-14(15)16/h3-4,6-7,13H,2,5,8-12,16H2,1H3. The highest BCUT2D eigenvalue weighted by atomic mass is 16.5. The Morgan fingerprint density at radius 1 is 1.42 bits per heavy atom. The van der Waals surface area contributed by atoms with Gasteiger partial charge < -0.3 is 15.2 Å². The lowest BCUT2D eigenvalue weighted by Gasteiger charge is -2.34. The van der Waals surface area contributed by atoms with E-state index in [1.165, 1.54) is 0 Å². The molecule has 0 saturated carbocycles. The van der Waals surface area contributed by atoms with Gasteiger partial charge in [0.2, 0.25) is 0 Å². The van der Waals surface area contributed by atoms with Gasteiger partial charge in [-0.2, -0.15) is 0 Å². The Kier molecular flexibility index (Phi) is 5.48. The van der Waals surface area contributed by atoms with E-state index in [0.717, 1.165) is 44.9 Å². The molecule has 4 heteroatoms. The molecule has 0 radical (unpaired) electrons. The number of ether oxygens (including phenoxy) is 2. The summed E-state index contributed by atoms with van der Waals surface area (Å²) in [7, 11) is 0. The van der Waals surface area contributed by atoms with Crippen molar-refractivity contribution in [3.05, 3.63) is 24.3 Å². The van der Waals surface area contributed by atoms with Gasteiger partial charge in [0.15, 0.2) is 0 Å². The molecule has 1 aliphatic heterocycles. The van der Waals surface area contributed by atoms with Gasteiger partial charge in [0.1, 0.15) is 5.75 Å². The van der Waals surface area contributed by atoms with E-state index >= 15 is 0 Å². The highest BCUT2D eigenvalue weighted by Gasteiger charge is 2.20. The van der Waals surface area contributed by atoms with Crippen LogP contribution in [0.5, 0.6) is 5.75 Å². The van der Waals surface area contributed by atoms with Crippen LogP contribution >= 0.6 is 0 Å². The molecule has 1 aromatic rings. The van der Waals surface area contributed by atoms with Crippen molar-refractivity contribution >= 4 is 5.69 Å². The van der Waals surface area contributed by atoms with E-state index in [2.05, 4.69) is 11.8 Å². The van der Waals surface area contributed by atoms with Gasteiger partial charge in [-0.25, -0.2) is 0 Å². The molecule has 1 aromatic carbocycles. The zero-order chi connectivity index (χ0) is 13.5. The van der Waals surface area contributed by atoms with Crippen molar-refractivity contribution in [2.45, 2.75) is 25.8 Å². The zero-order valence-corrected chi connectivity index (χ0v) is 11.7. The Hall–Kier alpha value is -1.26. The van der Waals surface area contributed by atoms with Crippen LogP contribution in [0.4, 0.5) is 5.69 Å². The highest BCUT2D eigenvalue weighted by Crippen LogP contribution is 2.20. The number of nitrogen functional groups attached to an aromatic ring is 1. The van der Waals surface area contributed by atoms with E-state index < -0.39 is 0 Å². The normalized spacial score (nSPS) is 20.4. The van der Waals surface area contributed by atoms with Gasteiger partial charge in [-0.1, -0.05) is 19.1 Å². The van der Waals surface area contributed by atoms with Crippen LogP contribution in [0.2, 0.25) is 0 Å². The quantitative estimate of drug-likeness (QED) is 0.632. The number of rotatable bonds is 6. The molecule has 1 saturated heterocycles. The number of anilines is 1. The minimum absolute atomic E-state index is 0.565. The topological polar surface area (TPSA) is 47.7 Å². The molecule has 2 rings (SSSR count). The van der Waals surface area contributed by atoms with Crippen molar-refractivity contribution in [1.29, 1.82) is 0 Å². The fourth-order valence-corrected chi connectivity index (χ4v) is 2.42. The molecule has 1 heterocycles. The minimum atomic E-state index is 0.565. The fourth-order valence-electron chi connectivity index (χ4n) is 2.42. The van der Waals surface area contributed by atoms with Crippen molar-refractivity contribution in [1.82, 2.24) is 4.90 Å². The maximum atomic E-state index is 5.84. The molecular formula is C15H24N2O2. The maximum Gasteiger partial charge on any atom is 0.142 e. The third-order valence-corrected chi connectivity index (χ3v) is 3.59. The monoisotopic (exact) mass is 264 g/mol. The van der Waals surface area contributed by atoms with Gasteiger partial charge in [-0.15, -0.1) is 0 Å². The van der Waals surface area contributed by atoms with Crippen molar-refractivity contribution in [2.24, 2.45) is 0 Å². The molecule has 0 aliphatic carbocycles. The van der Waals surface area contributed by atoms with E-state index in [9.17, 15) is 0 Å². The summed E-state index contributed by atoms with van der Waals surface area (Å²) in [6, 6.07) is 8.21. The molecule has 1 aliphatic rings. The van der Waals surface area contributed by atoms with Crippen molar-refractivity contribution in [3.63, 3.8) is 0 Å². The largest absolute Gasteiger partial charge is 0.491 e. The summed E-state index contributed by atoms with van der Waals surface area (Å²) in [6.45, 7) is 6.74. The molecule has 19 heavy (non-hydrogen) atoms. The van der Waals surface area contributed by atoms with E-state index in [1.807, 2.05) is 24.3 Å². The summed E-state index contributed by atoms with van der Waals surface area (Å²) in [5.41, 5.74) is 6.55. The van der Waals surface area contributed by atoms with Crippen molar-refractivity contribution in [3.8, 4) is 5.75 Å². The summed E-state index contributed by atoms with van der Waals surface area (Å²) >= 11 is 0. The van der Waals surface area contributed by atoms with Gasteiger partial charge in [-0.05, 0) is 25.0 Å². The third kappa shape index (κ3) is 4.11. The van der Waals surface area contributed by atoms with Crippen LogP contribution in [0, 0.1) is 0 Å². The molecule has 1 atom stereocenters. The second-order valence-corrected chi connectivity index (χ2v) is 4.91. The van der Waals surface area contributed by atoms with Crippen molar-refractivity contribution in [2.75, 3.05) is 38.6 Å². The second kappa shape index (κ2) is 7.36. The summed E-state index contributed by atoms with van der Waals surface area (Å²) in [4.78, 5) is 2.50. The molecule has 0 amide bonds. The van der Waals surface area contributed by atoms with Gasteiger partial charge >= 0.3 is 0 Å². The number of hydrogen-bond acceptors (Lipinski definition) is 4. The van der Waals surface area contributed by atoms with Gasteiger partial charge in [0.25, 0.3) is 0 Å². The maximum absolute atomic E-state index is 5.84. The summed E-state index contributed by atoms with van der Waals surface area (Å²) in [6.07, 6.45) is 2.16. The highest BCUT2D eigenvalue weighted by molar-refractivity contribution is 5.51. The molecule has 1 fully saturated rings. The van der Waals surface area contributed by atoms with Gasteiger partial charge in [-0.3, -0.25) is 4.90 Å². The Morgan fingerprint density at radius 2 is 2.26 bits per heavy atom. The first-order valence-corrected chi connectivity index (χ1v) is 7.10. The van der Waals surface area contributed by atoms with Crippen LogP contribution in [-0.4, -0.2) is 43.9 Å². The average Bonchev–Trinajstić information content (AvgIpc) is 2.45. The smallest absolute Gasteiger partial charge is 0.142 e. The lowest BCUT2D eigenvalue weighted by molar-refractivity contribution is -0.0102. The van der Waals surface area contributed by atoms with Crippen LogP contribution < -0.4 is 10.5 Å². The average molecular weight is 264 g/mol. The summed E-state index contributed by atoms with van der Waals surface area (Å²) in [5, 5.41) is 0. The first-order valence-electron chi connectivity index (χ1n) is 7.10. The molecule has 2 N–H and O–H groups in total.